The second kappa shape index (κ2) is 4.94. The molecule has 1 aromatic rings. The second-order valence-corrected chi connectivity index (χ2v) is 3.69. The number of methoxy groups -OCH3 is 1. The van der Waals surface area contributed by atoms with Gasteiger partial charge in [0.1, 0.15) is 0 Å². The van der Waals surface area contributed by atoms with Crippen molar-refractivity contribution in [3.05, 3.63) is 34.9 Å². The summed E-state index contributed by atoms with van der Waals surface area (Å²) >= 11 is 0. The van der Waals surface area contributed by atoms with E-state index >= 15 is 0 Å². The molecule has 0 saturated carbocycles. The predicted octanol–water partition coefficient (Wildman–Crippen LogP) is 1.70. The SMILES string of the molecule is COC(=O)c1ccc(CC(C)O)cc1C. The Bertz CT molecular complexity index is 356. The molecule has 0 bridgehead atoms. The zero-order valence-electron chi connectivity index (χ0n) is 9.28. The Morgan fingerprint density at radius 2 is 2.20 bits per heavy atom. The lowest BCUT2D eigenvalue weighted by Crippen LogP contribution is -2.07. The lowest BCUT2D eigenvalue weighted by molar-refractivity contribution is 0.0600. The van der Waals surface area contributed by atoms with E-state index in [-0.39, 0.29) is 12.1 Å². The summed E-state index contributed by atoms with van der Waals surface area (Å²) < 4.78 is 4.65. The fourth-order valence-corrected chi connectivity index (χ4v) is 1.53. The molecule has 3 nitrogen and oxygen atoms in total. The average Bonchev–Trinajstić information content (AvgIpc) is 2.16. The molecule has 0 amide bonds. The highest BCUT2D eigenvalue weighted by Gasteiger charge is 2.09. The van der Waals surface area contributed by atoms with Crippen molar-refractivity contribution in [1.29, 1.82) is 0 Å². The topological polar surface area (TPSA) is 46.5 Å². The monoisotopic (exact) mass is 208 g/mol. The van der Waals surface area contributed by atoms with Gasteiger partial charge in [0.2, 0.25) is 0 Å². The van der Waals surface area contributed by atoms with E-state index in [2.05, 4.69) is 4.74 Å². The Morgan fingerprint density at radius 3 is 2.67 bits per heavy atom. The summed E-state index contributed by atoms with van der Waals surface area (Å²) in [6.45, 7) is 3.60. The van der Waals surface area contributed by atoms with Gasteiger partial charge in [0.05, 0.1) is 18.8 Å². The fraction of sp³-hybridized carbons (Fsp3) is 0.417. The summed E-state index contributed by atoms with van der Waals surface area (Å²) in [4.78, 5) is 11.3. The maximum absolute atomic E-state index is 11.3. The molecule has 0 fully saturated rings. The number of ether oxygens (including phenoxy) is 1. The number of aliphatic hydroxyl groups is 1. The summed E-state index contributed by atoms with van der Waals surface area (Å²) in [5.74, 6) is -0.323. The molecule has 15 heavy (non-hydrogen) atoms. The van der Waals surface area contributed by atoms with Crippen molar-refractivity contribution in [2.24, 2.45) is 0 Å². The molecule has 1 unspecified atom stereocenters. The van der Waals surface area contributed by atoms with Crippen LogP contribution in [-0.4, -0.2) is 24.3 Å². The highest BCUT2D eigenvalue weighted by molar-refractivity contribution is 5.90. The van der Waals surface area contributed by atoms with Crippen molar-refractivity contribution in [3.8, 4) is 0 Å². The molecule has 1 aromatic carbocycles. The molecule has 0 aliphatic heterocycles. The van der Waals surface area contributed by atoms with Crippen molar-refractivity contribution < 1.29 is 14.6 Å². The van der Waals surface area contributed by atoms with Crippen LogP contribution in [0.15, 0.2) is 18.2 Å². The minimum atomic E-state index is -0.367. The Kier molecular flexibility index (Phi) is 3.86. The van der Waals surface area contributed by atoms with Crippen molar-refractivity contribution in [2.75, 3.05) is 7.11 Å². The number of aryl methyl sites for hydroxylation is 1. The molecular formula is C12H16O3. The van der Waals surface area contributed by atoms with Gasteiger partial charge in [-0.05, 0) is 37.5 Å². The fourth-order valence-electron chi connectivity index (χ4n) is 1.53. The van der Waals surface area contributed by atoms with Gasteiger partial charge in [0, 0.05) is 0 Å². The molecule has 1 N–H and O–H groups in total. The number of benzene rings is 1. The van der Waals surface area contributed by atoms with E-state index in [1.165, 1.54) is 7.11 Å². The maximum atomic E-state index is 11.3. The molecule has 0 radical (unpaired) electrons. The van der Waals surface area contributed by atoms with Crippen molar-refractivity contribution in [1.82, 2.24) is 0 Å². The van der Waals surface area contributed by atoms with E-state index in [1.807, 2.05) is 19.1 Å². The molecule has 0 spiro atoms. The molecule has 0 aliphatic carbocycles. The van der Waals surface area contributed by atoms with E-state index in [9.17, 15) is 9.90 Å². The van der Waals surface area contributed by atoms with Gasteiger partial charge in [0.15, 0.2) is 0 Å². The first kappa shape index (κ1) is 11.7. The molecular weight excluding hydrogens is 192 g/mol. The second-order valence-electron chi connectivity index (χ2n) is 3.69. The van der Waals surface area contributed by atoms with Crippen LogP contribution in [0, 0.1) is 6.92 Å². The first-order chi connectivity index (χ1) is 7.04. The lowest BCUT2D eigenvalue weighted by Gasteiger charge is -2.08. The Morgan fingerprint density at radius 1 is 1.53 bits per heavy atom. The molecule has 0 aromatic heterocycles. The van der Waals surface area contributed by atoms with Crippen LogP contribution in [0.4, 0.5) is 0 Å². The van der Waals surface area contributed by atoms with Crippen LogP contribution in [0.3, 0.4) is 0 Å². The summed E-state index contributed by atoms with van der Waals surface area (Å²) in [7, 11) is 1.37. The number of hydrogen-bond acceptors (Lipinski definition) is 3. The average molecular weight is 208 g/mol. The lowest BCUT2D eigenvalue weighted by atomic mass is 10.0. The van der Waals surface area contributed by atoms with E-state index in [0.717, 1.165) is 11.1 Å². The van der Waals surface area contributed by atoms with Crippen LogP contribution in [0.5, 0.6) is 0 Å². The number of aliphatic hydroxyl groups excluding tert-OH is 1. The third kappa shape index (κ3) is 3.06. The number of hydrogen-bond donors (Lipinski definition) is 1. The van der Waals surface area contributed by atoms with Crippen molar-refractivity contribution in [3.63, 3.8) is 0 Å². The minimum absolute atomic E-state index is 0.323. The third-order valence-electron chi connectivity index (χ3n) is 2.23. The molecule has 0 saturated heterocycles. The van der Waals surface area contributed by atoms with Crippen LogP contribution >= 0.6 is 0 Å². The van der Waals surface area contributed by atoms with Crippen LogP contribution in [0.25, 0.3) is 0 Å². The van der Waals surface area contributed by atoms with Crippen LogP contribution < -0.4 is 0 Å². The number of carbonyl (C=O) groups excluding carboxylic acids is 1. The van der Waals surface area contributed by atoms with Crippen molar-refractivity contribution in [2.45, 2.75) is 26.4 Å². The van der Waals surface area contributed by atoms with Gasteiger partial charge in [0.25, 0.3) is 0 Å². The van der Waals surface area contributed by atoms with Gasteiger partial charge in [-0.15, -0.1) is 0 Å². The normalized spacial score (nSPS) is 12.3. The zero-order valence-corrected chi connectivity index (χ0v) is 9.28. The molecule has 82 valence electrons. The molecule has 0 heterocycles. The van der Waals surface area contributed by atoms with Crippen LogP contribution in [0.2, 0.25) is 0 Å². The smallest absolute Gasteiger partial charge is 0.338 e. The Hall–Kier alpha value is -1.35. The van der Waals surface area contributed by atoms with Gasteiger partial charge in [-0.1, -0.05) is 12.1 Å². The van der Waals surface area contributed by atoms with E-state index in [0.29, 0.717) is 12.0 Å². The van der Waals surface area contributed by atoms with Gasteiger partial charge >= 0.3 is 5.97 Å². The van der Waals surface area contributed by atoms with E-state index < -0.39 is 0 Å². The number of esters is 1. The van der Waals surface area contributed by atoms with Gasteiger partial charge in [-0.25, -0.2) is 4.79 Å². The van der Waals surface area contributed by atoms with Crippen molar-refractivity contribution >= 4 is 5.97 Å². The van der Waals surface area contributed by atoms with Gasteiger partial charge in [-0.3, -0.25) is 0 Å². The standard InChI is InChI=1S/C12H16O3/c1-8-6-10(7-9(2)13)4-5-11(8)12(14)15-3/h4-6,9,13H,7H2,1-3H3. The van der Waals surface area contributed by atoms with E-state index in [1.54, 1.807) is 13.0 Å². The predicted molar refractivity (Wildman–Crippen MR) is 57.9 cm³/mol. The van der Waals surface area contributed by atoms with Gasteiger partial charge in [-0.2, -0.15) is 0 Å². The molecule has 1 atom stereocenters. The first-order valence-electron chi connectivity index (χ1n) is 4.90. The highest BCUT2D eigenvalue weighted by Crippen LogP contribution is 2.13. The number of carbonyl (C=O) groups is 1. The molecule has 1 rings (SSSR count). The van der Waals surface area contributed by atoms with Crippen LogP contribution in [0.1, 0.15) is 28.4 Å². The van der Waals surface area contributed by atoms with Crippen LogP contribution in [-0.2, 0) is 11.2 Å². The summed E-state index contributed by atoms with van der Waals surface area (Å²) in [5, 5.41) is 9.23. The molecule has 0 aliphatic rings. The van der Waals surface area contributed by atoms with E-state index in [4.69, 9.17) is 0 Å². The summed E-state index contributed by atoms with van der Waals surface area (Å²) in [5.41, 5.74) is 2.47. The third-order valence-corrected chi connectivity index (χ3v) is 2.23. The zero-order chi connectivity index (χ0) is 11.4. The first-order valence-corrected chi connectivity index (χ1v) is 4.90. The largest absolute Gasteiger partial charge is 0.465 e. The molecule has 3 heteroatoms. The minimum Gasteiger partial charge on any atom is -0.465 e. The number of rotatable bonds is 3. The van der Waals surface area contributed by atoms with Gasteiger partial charge < -0.3 is 9.84 Å². The summed E-state index contributed by atoms with van der Waals surface area (Å²) in [6.07, 6.45) is 0.232. The Balaban J connectivity index is 2.93. The maximum Gasteiger partial charge on any atom is 0.338 e. The quantitative estimate of drug-likeness (QED) is 0.769. The Labute approximate surface area is 89.7 Å². The summed E-state index contributed by atoms with van der Waals surface area (Å²) in [6, 6.07) is 5.48. The highest BCUT2D eigenvalue weighted by atomic mass is 16.5.